The van der Waals surface area contributed by atoms with Crippen LogP contribution in [0.2, 0.25) is 10.0 Å². The second-order valence-corrected chi connectivity index (χ2v) is 4.98. The molecule has 0 fully saturated rings. The van der Waals surface area contributed by atoms with Gasteiger partial charge in [-0.1, -0.05) is 28.4 Å². The average Bonchev–Trinajstić information content (AvgIpc) is 2.85. The molecule has 0 radical (unpaired) electrons. The maximum Gasteiger partial charge on any atom is 0.416 e. The van der Waals surface area contributed by atoms with Gasteiger partial charge >= 0.3 is 12.1 Å². The van der Waals surface area contributed by atoms with E-state index in [2.05, 4.69) is 20.2 Å². The molecule has 122 valence electrons. The van der Waals surface area contributed by atoms with Crippen LogP contribution >= 0.6 is 23.2 Å². The number of carbonyl (C=O) groups excluding carboxylic acids is 1. The van der Waals surface area contributed by atoms with Crippen LogP contribution in [0.1, 0.15) is 18.2 Å². The number of alkyl halides is 3. The first-order valence-electron chi connectivity index (χ1n) is 5.88. The lowest BCUT2D eigenvalue weighted by atomic mass is 10.2. The first kappa shape index (κ1) is 17.2. The molecule has 0 aliphatic carbocycles. The van der Waals surface area contributed by atoms with E-state index in [4.69, 9.17) is 23.2 Å². The van der Waals surface area contributed by atoms with Crippen LogP contribution in [-0.4, -0.2) is 27.2 Å². The number of hydrogen-bond donors (Lipinski definition) is 0. The number of carbonyl (C=O) groups is 1. The van der Waals surface area contributed by atoms with Gasteiger partial charge in [0.25, 0.3) is 0 Å². The van der Waals surface area contributed by atoms with Gasteiger partial charge in [-0.25, -0.2) is 4.79 Å². The quantitative estimate of drug-likeness (QED) is 0.473. The van der Waals surface area contributed by atoms with Gasteiger partial charge in [-0.2, -0.15) is 18.3 Å². The highest BCUT2D eigenvalue weighted by Crippen LogP contribution is 2.36. The number of halogens is 5. The Labute approximate surface area is 137 Å². The highest BCUT2D eigenvalue weighted by Gasteiger charge is 2.32. The fourth-order valence-corrected chi connectivity index (χ4v) is 2.15. The van der Waals surface area contributed by atoms with Crippen molar-refractivity contribution in [2.45, 2.75) is 13.1 Å². The number of nitrogens with zero attached hydrogens (tertiary/aromatic N) is 4. The SMILES string of the molecule is CC(=O)O/N=C/c1cnn(-c2c(Cl)cc(C(F)(F)F)cc2Cl)n1. The lowest BCUT2D eigenvalue weighted by Gasteiger charge is -2.11. The van der Waals surface area contributed by atoms with E-state index in [1.165, 1.54) is 6.20 Å². The Hall–Kier alpha value is -2.13. The van der Waals surface area contributed by atoms with Crippen molar-refractivity contribution < 1.29 is 22.8 Å². The summed E-state index contributed by atoms with van der Waals surface area (Å²) in [5.41, 5.74) is -0.827. The molecule has 0 saturated carbocycles. The van der Waals surface area contributed by atoms with E-state index in [1.54, 1.807) is 0 Å². The van der Waals surface area contributed by atoms with Gasteiger partial charge in [-0.05, 0) is 12.1 Å². The fraction of sp³-hybridized carbons (Fsp3) is 0.167. The molecule has 0 spiro atoms. The topological polar surface area (TPSA) is 69.4 Å². The Morgan fingerprint density at radius 3 is 2.48 bits per heavy atom. The van der Waals surface area contributed by atoms with Crippen molar-refractivity contribution in [3.8, 4) is 5.69 Å². The summed E-state index contributed by atoms with van der Waals surface area (Å²) in [5.74, 6) is -0.623. The summed E-state index contributed by atoms with van der Waals surface area (Å²) in [7, 11) is 0. The minimum absolute atomic E-state index is 0.0199. The first-order valence-corrected chi connectivity index (χ1v) is 6.64. The van der Waals surface area contributed by atoms with Crippen LogP contribution in [0.5, 0.6) is 0 Å². The summed E-state index contributed by atoms with van der Waals surface area (Å²) < 4.78 is 38.0. The summed E-state index contributed by atoms with van der Waals surface area (Å²) in [4.78, 5) is 15.8. The monoisotopic (exact) mass is 366 g/mol. The largest absolute Gasteiger partial charge is 0.416 e. The van der Waals surface area contributed by atoms with Crippen LogP contribution < -0.4 is 0 Å². The Balaban J connectivity index is 2.34. The van der Waals surface area contributed by atoms with Crippen molar-refractivity contribution in [1.29, 1.82) is 0 Å². The number of aromatic nitrogens is 3. The molecule has 0 atom stereocenters. The molecule has 1 aromatic heterocycles. The molecule has 23 heavy (non-hydrogen) atoms. The van der Waals surface area contributed by atoms with E-state index in [-0.39, 0.29) is 21.4 Å². The number of rotatable bonds is 3. The maximum atomic E-state index is 12.7. The molecule has 0 amide bonds. The molecule has 1 aromatic carbocycles. The predicted molar refractivity (Wildman–Crippen MR) is 75.7 cm³/mol. The summed E-state index contributed by atoms with van der Waals surface area (Å²) in [6.45, 7) is 1.16. The van der Waals surface area contributed by atoms with E-state index in [1.807, 2.05) is 0 Å². The third-order valence-electron chi connectivity index (χ3n) is 2.42. The highest BCUT2D eigenvalue weighted by molar-refractivity contribution is 6.37. The van der Waals surface area contributed by atoms with E-state index in [0.717, 1.165) is 30.1 Å². The van der Waals surface area contributed by atoms with Crippen molar-refractivity contribution in [3.63, 3.8) is 0 Å². The predicted octanol–water partition coefficient (Wildman–Crippen LogP) is 3.49. The normalized spacial score (nSPS) is 11.9. The number of hydrogen-bond acceptors (Lipinski definition) is 5. The van der Waals surface area contributed by atoms with Crippen LogP contribution in [0.4, 0.5) is 13.2 Å². The third-order valence-corrected chi connectivity index (χ3v) is 3.00. The highest BCUT2D eigenvalue weighted by atomic mass is 35.5. The molecular weight excluding hydrogens is 360 g/mol. The molecule has 0 aliphatic heterocycles. The zero-order chi connectivity index (χ0) is 17.2. The average molecular weight is 367 g/mol. The van der Waals surface area contributed by atoms with Crippen molar-refractivity contribution in [2.24, 2.45) is 5.16 Å². The van der Waals surface area contributed by atoms with Gasteiger partial charge < -0.3 is 4.84 Å². The van der Waals surface area contributed by atoms with Crippen molar-refractivity contribution >= 4 is 35.4 Å². The molecule has 6 nitrogen and oxygen atoms in total. The Morgan fingerprint density at radius 1 is 1.35 bits per heavy atom. The minimum atomic E-state index is -4.58. The van der Waals surface area contributed by atoms with E-state index in [0.29, 0.717) is 0 Å². The van der Waals surface area contributed by atoms with Crippen molar-refractivity contribution in [1.82, 2.24) is 15.0 Å². The smallest absolute Gasteiger partial charge is 0.319 e. The third kappa shape index (κ3) is 4.20. The second kappa shape index (κ2) is 6.55. The molecule has 0 saturated heterocycles. The van der Waals surface area contributed by atoms with Gasteiger partial charge in [0.15, 0.2) is 0 Å². The van der Waals surface area contributed by atoms with Gasteiger partial charge in [0.2, 0.25) is 0 Å². The van der Waals surface area contributed by atoms with Gasteiger partial charge in [0.05, 0.1) is 28.0 Å². The Bertz CT molecular complexity index is 751. The Kier molecular flexibility index (Phi) is 4.90. The molecular formula is C12H7Cl2F3N4O2. The van der Waals surface area contributed by atoms with Crippen LogP contribution in [0.25, 0.3) is 5.69 Å². The lowest BCUT2D eigenvalue weighted by Crippen LogP contribution is -2.08. The van der Waals surface area contributed by atoms with Gasteiger partial charge in [-0.15, -0.1) is 9.90 Å². The van der Waals surface area contributed by atoms with Crippen molar-refractivity contribution in [2.75, 3.05) is 0 Å². The minimum Gasteiger partial charge on any atom is -0.319 e. The fourth-order valence-electron chi connectivity index (χ4n) is 1.52. The van der Waals surface area contributed by atoms with Gasteiger partial charge in [0, 0.05) is 6.92 Å². The Morgan fingerprint density at radius 2 is 1.96 bits per heavy atom. The molecule has 2 aromatic rings. The van der Waals surface area contributed by atoms with Crippen LogP contribution in [0, 0.1) is 0 Å². The van der Waals surface area contributed by atoms with Crippen LogP contribution in [0.15, 0.2) is 23.5 Å². The zero-order valence-corrected chi connectivity index (χ0v) is 12.8. The van der Waals surface area contributed by atoms with Gasteiger partial charge in [-0.3, -0.25) is 0 Å². The molecule has 0 N–H and O–H groups in total. The summed E-state index contributed by atoms with van der Waals surface area (Å²) in [6.07, 6.45) is -2.25. The zero-order valence-electron chi connectivity index (χ0n) is 11.3. The summed E-state index contributed by atoms with van der Waals surface area (Å²) in [6, 6.07) is 1.44. The van der Waals surface area contributed by atoms with E-state index < -0.39 is 17.7 Å². The second-order valence-electron chi connectivity index (χ2n) is 4.16. The molecule has 0 unspecified atom stereocenters. The van der Waals surface area contributed by atoms with Crippen LogP contribution in [0.3, 0.4) is 0 Å². The molecule has 0 bridgehead atoms. The lowest BCUT2D eigenvalue weighted by molar-refractivity contribution is -0.141. The molecule has 1 heterocycles. The molecule has 0 aliphatic rings. The first-order chi connectivity index (χ1) is 10.7. The maximum absolute atomic E-state index is 12.7. The van der Waals surface area contributed by atoms with E-state index >= 15 is 0 Å². The number of oxime groups is 1. The van der Waals surface area contributed by atoms with Gasteiger partial charge in [0.1, 0.15) is 11.4 Å². The number of benzene rings is 1. The summed E-state index contributed by atoms with van der Waals surface area (Å²) in [5, 5.41) is 10.5. The molecule has 11 heteroatoms. The standard InChI is InChI=1S/C12H7Cl2F3N4O2/c1-6(22)23-19-5-8-4-18-21(20-8)11-9(13)2-7(3-10(11)14)12(15,16)17/h2-5H,1H3/b19-5+. The molecule has 2 rings (SSSR count). The van der Waals surface area contributed by atoms with Crippen LogP contribution in [-0.2, 0) is 15.8 Å². The summed E-state index contributed by atoms with van der Waals surface area (Å²) >= 11 is 11.7. The van der Waals surface area contributed by atoms with Crippen molar-refractivity contribution in [3.05, 3.63) is 39.6 Å². The van der Waals surface area contributed by atoms with E-state index in [9.17, 15) is 18.0 Å².